The van der Waals surface area contributed by atoms with Gasteiger partial charge in [0.2, 0.25) is 0 Å². The summed E-state index contributed by atoms with van der Waals surface area (Å²) in [5.74, 6) is 2.84. The number of benzene rings is 2. The molecule has 4 aromatic rings. The number of aromatic nitrogens is 3. The Hall–Kier alpha value is -3.33. The van der Waals surface area contributed by atoms with E-state index in [2.05, 4.69) is 21.9 Å². The van der Waals surface area contributed by atoms with Crippen LogP contribution in [0.3, 0.4) is 0 Å². The highest BCUT2D eigenvalue weighted by molar-refractivity contribution is 8.00. The van der Waals surface area contributed by atoms with Crippen molar-refractivity contribution >= 4 is 28.7 Å². The van der Waals surface area contributed by atoms with E-state index in [-0.39, 0.29) is 6.10 Å². The summed E-state index contributed by atoms with van der Waals surface area (Å²) in [5, 5.41) is 9.44. The SMILES string of the molecule is COc1cccc(OC)c1SNc1noc2cc(Cn3cccn3)c3c(c12)OC(C)C3. The zero-order valence-electron chi connectivity index (χ0n) is 17.4. The first-order valence-electron chi connectivity index (χ1n) is 9.90. The van der Waals surface area contributed by atoms with Gasteiger partial charge in [-0.3, -0.25) is 4.68 Å². The fourth-order valence-corrected chi connectivity index (χ4v) is 4.69. The Morgan fingerprint density at radius 1 is 1.23 bits per heavy atom. The summed E-state index contributed by atoms with van der Waals surface area (Å²) >= 11 is 1.36. The summed E-state index contributed by atoms with van der Waals surface area (Å²) in [6.45, 7) is 2.72. The van der Waals surface area contributed by atoms with Crippen LogP contribution in [0.2, 0.25) is 0 Å². The van der Waals surface area contributed by atoms with Crippen LogP contribution < -0.4 is 18.9 Å². The predicted molar refractivity (Wildman–Crippen MR) is 118 cm³/mol. The van der Waals surface area contributed by atoms with Crippen LogP contribution in [-0.2, 0) is 13.0 Å². The van der Waals surface area contributed by atoms with Gasteiger partial charge in [-0.05, 0) is 48.7 Å². The maximum absolute atomic E-state index is 6.19. The first kappa shape index (κ1) is 19.6. The number of anilines is 1. The third kappa shape index (κ3) is 3.54. The molecule has 8 nitrogen and oxygen atoms in total. The number of nitrogens with zero attached hydrogens (tertiary/aromatic N) is 3. The summed E-state index contributed by atoms with van der Waals surface area (Å²) < 4.78 is 28.0. The van der Waals surface area contributed by atoms with E-state index < -0.39 is 0 Å². The highest BCUT2D eigenvalue weighted by atomic mass is 32.2. The number of nitrogens with one attached hydrogen (secondary N) is 1. The molecule has 2 aromatic carbocycles. The van der Waals surface area contributed by atoms with Gasteiger partial charge in [0.1, 0.15) is 33.6 Å². The van der Waals surface area contributed by atoms with Crippen molar-refractivity contribution in [2.75, 3.05) is 18.9 Å². The van der Waals surface area contributed by atoms with Crippen molar-refractivity contribution in [3.63, 3.8) is 0 Å². The zero-order chi connectivity index (χ0) is 21.4. The Labute approximate surface area is 183 Å². The molecule has 0 amide bonds. The standard InChI is InChI=1S/C22H22N4O4S/c1-13-10-15-14(12-26-9-5-8-23-26)11-18-19(20(15)29-13)22(24-30-18)25-31-21-16(27-2)6-4-7-17(21)28-3/h4-9,11,13H,10,12H2,1-3H3,(H,24,25). The average molecular weight is 439 g/mol. The second kappa shape index (κ2) is 8.07. The van der Waals surface area contributed by atoms with Gasteiger partial charge < -0.3 is 23.5 Å². The first-order valence-corrected chi connectivity index (χ1v) is 10.7. The molecule has 31 heavy (non-hydrogen) atoms. The van der Waals surface area contributed by atoms with Gasteiger partial charge in [-0.25, -0.2) is 0 Å². The van der Waals surface area contributed by atoms with E-state index in [1.807, 2.05) is 41.2 Å². The smallest absolute Gasteiger partial charge is 0.191 e. The topological polar surface area (TPSA) is 83.6 Å². The Morgan fingerprint density at radius 2 is 2.03 bits per heavy atom. The molecule has 0 saturated heterocycles. The number of fused-ring (bicyclic) bond motifs is 3. The second-order valence-corrected chi connectivity index (χ2v) is 8.10. The number of hydrogen-bond donors (Lipinski definition) is 1. The van der Waals surface area contributed by atoms with Gasteiger partial charge in [0.15, 0.2) is 11.4 Å². The van der Waals surface area contributed by atoms with Crippen molar-refractivity contribution in [2.24, 2.45) is 0 Å². The monoisotopic (exact) mass is 438 g/mol. The quantitative estimate of drug-likeness (QED) is 0.421. The maximum atomic E-state index is 6.19. The van der Waals surface area contributed by atoms with E-state index in [9.17, 15) is 0 Å². The van der Waals surface area contributed by atoms with Gasteiger partial charge in [0, 0.05) is 24.4 Å². The van der Waals surface area contributed by atoms with Crippen LogP contribution in [-0.4, -0.2) is 35.3 Å². The van der Waals surface area contributed by atoms with Crippen LogP contribution in [0.4, 0.5) is 5.82 Å². The first-order chi connectivity index (χ1) is 15.2. The summed E-state index contributed by atoms with van der Waals surface area (Å²) in [5.41, 5.74) is 2.96. The van der Waals surface area contributed by atoms with Crippen LogP contribution >= 0.6 is 11.9 Å². The largest absolute Gasteiger partial charge is 0.495 e. The Balaban J connectivity index is 1.51. The average Bonchev–Trinajstić information content (AvgIpc) is 3.51. The molecule has 0 spiro atoms. The van der Waals surface area contributed by atoms with Crippen molar-refractivity contribution in [3.8, 4) is 17.2 Å². The molecule has 0 radical (unpaired) electrons. The number of ether oxygens (including phenoxy) is 3. The lowest BCUT2D eigenvalue weighted by Gasteiger charge is -2.13. The van der Waals surface area contributed by atoms with Crippen LogP contribution in [0.1, 0.15) is 18.1 Å². The Kier molecular flexibility index (Phi) is 5.11. The number of hydrogen-bond acceptors (Lipinski definition) is 8. The maximum Gasteiger partial charge on any atom is 0.191 e. The molecule has 1 N–H and O–H groups in total. The van der Waals surface area contributed by atoms with Crippen molar-refractivity contribution in [1.82, 2.24) is 14.9 Å². The molecule has 160 valence electrons. The molecule has 1 unspecified atom stereocenters. The molecule has 5 rings (SSSR count). The third-order valence-electron chi connectivity index (χ3n) is 5.25. The lowest BCUT2D eigenvalue weighted by Crippen LogP contribution is -2.06. The van der Waals surface area contributed by atoms with E-state index in [4.69, 9.17) is 18.7 Å². The normalized spacial score (nSPS) is 15.0. The predicted octanol–water partition coefficient (Wildman–Crippen LogP) is 4.53. The number of rotatable bonds is 7. The third-order valence-corrected chi connectivity index (χ3v) is 6.15. The molecular formula is C22H22N4O4S. The van der Waals surface area contributed by atoms with Crippen LogP contribution in [0.25, 0.3) is 11.0 Å². The molecule has 0 bridgehead atoms. The van der Waals surface area contributed by atoms with Gasteiger partial charge in [-0.2, -0.15) is 5.10 Å². The van der Waals surface area contributed by atoms with Gasteiger partial charge in [0.05, 0.1) is 20.8 Å². The van der Waals surface area contributed by atoms with Gasteiger partial charge in [0.25, 0.3) is 0 Å². The molecule has 1 aliphatic heterocycles. The van der Waals surface area contributed by atoms with Gasteiger partial charge in [-0.15, -0.1) is 0 Å². The minimum Gasteiger partial charge on any atom is -0.495 e. The summed E-state index contributed by atoms with van der Waals surface area (Å²) in [7, 11) is 3.27. The molecule has 0 aliphatic carbocycles. The molecule has 1 aliphatic rings. The van der Waals surface area contributed by atoms with Gasteiger partial charge >= 0.3 is 0 Å². The van der Waals surface area contributed by atoms with Crippen LogP contribution in [0, 0.1) is 0 Å². The van der Waals surface area contributed by atoms with Crippen LogP contribution in [0.15, 0.2) is 52.1 Å². The second-order valence-electron chi connectivity index (χ2n) is 7.28. The zero-order valence-corrected chi connectivity index (χ0v) is 18.2. The highest BCUT2D eigenvalue weighted by Gasteiger charge is 2.29. The van der Waals surface area contributed by atoms with E-state index in [1.54, 1.807) is 20.4 Å². The summed E-state index contributed by atoms with van der Waals surface area (Å²) in [6.07, 6.45) is 4.64. The summed E-state index contributed by atoms with van der Waals surface area (Å²) in [6, 6.07) is 9.60. The highest BCUT2D eigenvalue weighted by Crippen LogP contribution is 2.44. The van der Waals surface area contributed by atoms with E-state index in [1.165, 1.54) is 17.5 Å². The van der Waals surface area contributed by atoms with Crippen molar-refractivity contribution in [2.45, 2.75) is 30.9 Å². The molecule has 3 heterocycles. The minimum atomic E-state index is 0.0849. The minimum absolute atomic E-state index is 0.0849. The number of methoxy groups -OCH3 is 2. The van der Waals surface area contributed by atoms with Crippen molar-refractivity contribution < 1.29 is 18.7 Å². The molecule has 2 aromatic heterocycles. The summed E-state index contributed by atoms with van der Waals surface area (Å²) in [4.78, 5) is 0.824. The molecule has 1 atom stereocenters. The fraction of sp³-hybridized carbons (Fsp3) is 0.273. The van der Waals surface area contributed by atoms with E-state index in [0.717, 1.165) is 28.0 Å². The van der Waals surface area contributed by atoms with E-state index in [0.29, 0.717) is 29.4 Å². The van der Waals surface area contributed by atoms with Crippen LogP contribution in [0.5, 0.6) is 17.2 Å². The van der Waals surface area contributed by atoms with Gasteiger partial charge in [-0.1, -0.05) is 11.2 Å². The molecule has 9 heteroatoms. The van der Waals surface area contributed by atoms with Crippen molar-refractivity contribution in [3.05, 3.63) is 53.9 Å². The lowest BCUT2D eigenvalue weighted by atomic mass is 10.0. The molecular weight excluding hydrogens is 416 g/mol. The molecule has 0 fully saturated rings. The van der Waals surface area contributed by atoms with E-state index >= 15 is 0 Å². The fourth-order valence-electron chi connectivity index (χ4n) is 3.84. The molecule has 0 saturated carbocycles. The Bertz CT molecular complexity index is 1200. The van der Waals surface area contributed by atoms with Crippen molar-refractivity contribution in [1.29, 1.82) is 0 Å². The Morgan fingerprint density at radius 3 is 2.74 bits per heavy atom. The lowest BCUT2D eigenvalue weighted by molar-refractivity contribution is 0.257.